The molecule has 8 aromatic rings. The van der Waals surface area contributed by atoms with E-state index in [0.29, 0.717) is 33.9 Å². The first-order chi connectivity index (χ1) is 39.2. The van der Waals surface area contributed by atoms with Crippen molar-refractivity contribution in [3.05, 3.63) is 203 Å². The molecule has 0 radical (unpaired) electrons. The van der Waals surface area contributed by atoms with Crippen LogP contribution in [0.1, 0.15) is 64.2 Å². The van der Waals surface area contributed by atoms with Gasteiger partial charge in [0.25, 0.3) is 23.6 Å². The van der Waals surface area contributed by atoms with Gasteiger partial charge in [-0.3, -0.25) is 28.8 Å². The molecule has 0 aliphatic heterocycles. The predicted molar refractivity (Wildman–Crippen MR) is 306 cm³/mol. The normalized spacial score (nSPS) is 11.6. The summed E-state index contributed by atoms with van der Waals surface area (Å²) in [4.78, 5) is 117. The van der Waals surface area contributed by atoms with E-state index < -0.39 is 65.5 Å². The number of anilines is 6. The van der Waals surface area contributed by atoms with Crippen LogP contribution in [0.3, 0.4) is 0 Å². The lowest BCUT2D eigenvalue weighted by Gasteiger charge is -2.15. The maximum absolute atomic E-state index is 13.5. The van der Waals surface area contributed by atoms with Gasteiger partial charge >= 0.3 is 18.0 Å². The number of carbonyl (C=O) groups is 9. The summed E-state index contributed by atoms with van der Waals surface area (Å²) in [7, 11) is 6.47. The van der Waals surface area contributed by atoms with Crippen LogP contribution in [0, 0.1) is 0 Å². The van der Waals surface area contributed by atoms with Crippen LogP contribution >= 0.6 is 0 Å². The van der Waals surface area contributed by atoms with Gasteiger partial charge in [0.05, 0.1) is 35.6 Å². The average Bonchev–Trinajstić information content (AvgIpc) is 4.23. The molecule has 82 heavy (non-hydrogen) atoms. The summed E-state index contributed by atoms with van der Waals surface area (Å²) in [6.45, 7) is 0. The number of nitrogens with one attached hydrogen (secondary N) is 8. The number of carboxylic acid groups (broad SMARTS) is 2. The van der Waals surface area contributed by atoms with Crippen molar-refractivity contribution in [3.63, 3.8) is 0 Å². The number of urea groups is 1. The Hall–Kier alpha value is -11.0. The van der Waals surface area contributed by atoms with E-state index in [1.807, 2.05) is 12.1 Å². The molecular weight excluding hydrogens is 1050 g/mol. The summed E-state index contributed by atoms with van der Waals surface area (Å²) in [6.07, 6.45) is 6.11. The highest BCUT2D eigenvalue weighted by atomic mass is 16.4. The number of carboxylic acids is 2. The fourth-order valence-corrected chi connectivity index (χ4v) is 8.99. The maximum atomic E-state index is 13.5. The van der Waals surface area contributed by atoms with Gasteiger partial charge in [-0.1, -0.05) is 84.9 Å². The van der Waals surface area contributed by atoms with Crippen LogP contribution in [-0.4, -0.2) is 94.0 Å². The van der Waals surface area contributed by atoms with Gasteiger partial charge in [0.15, 0.2) is 0 Å². The van der Waals surface area contributed by atoms with E-state index in [-0.39, 0.29) is 59.8 Å². The van der Waals surface area contributed by atoms with Crippen LogP contribution in [-0.2, 0) is 73.1 Å². The molecule has 0 aliphatic rings. The van der Waals surface area contributed by atoms with Crippen LogP contribution in [0.25, 0.3) is 0 Å². The van der Waals surface area contributed by atoms with Gasteiger partial charge in [-0.15, -0.1) is 0 Å². The van der Waals surface area contributed by atoms with Crippen LogP contribution in [0.15, 0.2) is 158 Å². The number of hydrogen-bond acceptors (Lipinski definition) is 9. The number of hydrogen-bond donors (Lipinski definition) is 10. The zero-order chi connectivity index (χ0) is 58.6. The number of aromatic nitrogens is 4. The number of nitrogens with zero attached hydrogens (tertiary/aromatic N) is 4. The molecule has 0 aliphatic carbocycles. The lowest BCUT2D eigenvalue weighted by molar-refractivity contribution is -0.142. The SMILES string of the molecule is Cn1cc(NC(=O)Nc2cc(C(=O)Nc3cc(C(=O)Nc4cccc(CC(=O)NC(Cc5ccccc5)C(=O)O)c4)n(C)c3)n(C)c2)cc1C(=O)Nc1cc(C(=O)Nc2cccc(CC(=O)NC(Cc3ccccc3)C(=O)O)c2)n(C)c1. The summed E-state index contributed by atoms with van der Waals surface area (Å²) in [5, 5.41) is 41.0. The highest BCUT2D eigenvalue weighted by Crippen LogP contribution is 2.23. The van der Waals surface area contributed by atoms with Crippen LogP contribution in [0.4, 0.5) is 38.9 Å². The largest absolute Gasteiger partial charge is 0.480 e. The molecule has 4 heterocycles. The first kappa shape index (κ1) is 57.2. The van der Waals surface area contributed by atoms with Gasteiger partial charge in [-0.2, -0.15) is 0 Å². The van der Waals surface area contributed by atoms with Crippen LogP contribution in [0.2, 0.25) is 0 Å². The molecule has 0 bridgehead atoms. The van der Waals surface area contributed by atoms with Crippen molar-refractivity contribution in [2.45, 2.75) is 37.8 Å². The number of carbonyl (C=O) groups excluding carboxylic acids is 7. The standard InChI is InChI=1S/C59H58N12O11/c1-68-31-41(27-47(68)53(74)60-39-19-11-17-37(21-39)25-51(72)66-45(57(78)79)23-35-13-7-5-8-14-35)62-55(76)49-29-43(33-70(49)3)64-59(82)65-44-30-50(71(4)34-44)56(77)63-42-28-48(69(2)32-42)54(75)61-40-20-12-18-38(22-40)26-52(73)67-46(58(80)81)24-36-15-9-6-10-16-36/h5-22,27-34,45-46H,23-26H2,1-4H3,(H,60,74)(H,61,75)(H,62,76)(H,63,77)(H,66,72)(H,67,73)(H,78,79)(H,80,81)(H2,64,65,82). The first-order valence-corrected chi connectivity index (χ1v) is 25.5. The molecule has 0 spiro atoms. The van der Waals surface area contributed by atoms with Crippen molar-refractivity contribution in [2.75, 3.05) is 31.9 Å². The Kier molecular flexibility index (Phi) is 17.9. The quantitative estimate of drug-likeness (QED) is 0.0354. The third-order valence-electron chi connectivity index (χ3n) is 12.9. The molecule has 0 fully saturated rings. The summed E-state index contributed by atoms with van der Waals surface area (Å²) < 4.78 is 6.04. The molecule has 0 saturated heterocycles. The molecule has 4 aromatic heterocycles. The molecule has 420 valence electrons. The fraction of sp³-hybridized carbons (Fsp3) is 0.169. The van der Waals surface area contributed by atoms with Crippen molar-refractivity contribution in [2.24, 2.45) is 28.2 Å². The Balaban J connectivity index is 0.799. The molecule has 23 heteroatoms. The number of amides is 8. The van der Waals surface area contributed by atoms with E-state index in [2.05, 4.69) is 42.5 Å². The van der Waals surface area contributed by atoms with Gasteiger partial charge in [0, 0.05) is 77.2 Å². The van der Waals surface area contributed by atoms with Crippen molar-refractivity contribution in [3.8, 4) is 0 Å². The van der Waals surface area contributed by atoms with Crippen LogP contribution in [0.5, 0.6) is 0 Å². The monoisotopic (exact) mass is 1110 g/mol. The number of benzene rings is 4. The van der Waals surface area contributed by atoms with Gasteiger partial charge in [-0.25, -0.2) is 14.4 Å². The Morgan fingerprint density at radius 1 is 0.366 bits per heavy atom. The fourth-order valence-electron chi connectivity index (χ4n) is 8.99. The van der Waals surface area contributed by atoms with Gasteiger partial charge < -0.3 is 71.0 Å². The van der Waals surface area contributed by atoms with E-state index in [0.717, 1.165) is 11.1 Å². The number of aliphatic carboxylic acids is 2. The zero-order valence-electron chi connectivity index (χ0n) is 44.9. The molecule has 8 rings (SSSR count). The summed E-state index contributed by atoms with van der Waals surface area (Å²) >= 11 is 0. The average molecular weight is 1110 g/mol. The van der Waals surface area contributed by atoms with Gasteiger partial charge in [-0.05, 0) is 70.8 Å². The van der Waals surface area contributed by atoms with E-state index in [4.69, 9.17) is 0 Å². The van der Waals surface area contributed by atoms with Crippen LogP contribution < -0.4 is 42.5 Å². The second-order valence-electron chi connectivity index (χ2n) is 19.3. The Bertz CT molecular complexity index is 3490. The Labute approximate surface area is 469 Å². The smallest absolute Gasteiger partial charge is 0.326 e. The molecule has 2 atom stereocenters. The summed E-state index contributed by atoms with van der Waals surface area (Å²) in [5.74, 6) is -5.43. The highest BCUT2D eigenvalue weighted by molar-refractivity contribution is 6.09. The lowest BCUT2D eigenvalue weighted by Crippen LogP contribution is -2.43. The van der Waals surface area contributed by atoms with E-state index in [9.17, 15) is 53.4 Å². The third-order valence-corrected chi connectivity index (χ3v) is 12.9. The highest BCUT2D eigenvalue weighted by Gasteiger charge is 2.24. The topological polar surface area (TPSA) is 310 Å². The summed E-state index contributed by atoms with van der Waals surface area (Å²) in [5.41, 5.74) is 5.23. The second-order valence-corrected chi connectivity index (χ2v) is 19.3. The van der Waals surface area contributed by atoms with E-state index in [1.54, 1.807) is 138 Å². The minimum absolute atomic E-state index is 0.113. The summed E-state index contributed by atoms with van der Waals surface area (Å²) in [6, 6.07) is 34.0. The number of aryl methyl sites for hydroxylation is 4. The minimum atomic E-state index is -1.16. The van der Waals surface area contributed by atoms with E-state index in [1.165, 1.54) is 54.9 Å². The first-order valence-electron chi connectivity index (χ1n) is 25.5. The zero-order valence-corrected chi connectivity index (χ0v) is 44.9. The predicted octanol–water partition coefficient (Wildman–Crippen LogP) is 6.40. The van der Waals surface area contributed by atoms with Gasteiger partial charge in [0.1, 0.15) is 34.9 Å². The van der Waals surface area contributed by atoms with Gasteiger partial charge in [0.2, 0.25) is 11.8 Å². The Morgan fingerprint density at radius 3 is 0.976 bits per heavy atom. The molecule has 10 N–H and O–H groups in total. The second kappa shape index (κ2) is 25.7. The molecule has 0 saturated carbocycles. The lowest BCUT2D eigenvalue weighted by atomic mass is 10.1. The molecule has 4 aromatic carbocycles. The van der Waals surface area contributed by atoms with Crippen molar-refractivity contribution >= 4 is 87.5 Å². The van der Waals surface area contributed by atoms with E-state index >= 15 is 0 Å². The molecule has 2 unspecified atom stereocenters. The molecular formula is C59H58N12O11. The molecule has 8 amide bonds. The Morgan fingerprint density at radius 2 is 0.659 bits per heavy atom. The minimum Gasteiger partial charge on any atom is -0.480 e. The van der Waals surface area contributed by atoms with Crippen molar-refractivity contribution in [1.29, 1.82) is 0 Å². The van der Waals surface area contributed by atoms with Crippen molar-refractivity contribution < 1.29 is 53.4 Å². The maximum Gasteiger partial charge on any atom is 0.326 e. The third kappa shape index (κ3) is 15.2. The molecule has 23 nitrogen and oxygen atoms in total. The van der Waals surface area contributed by atoms with Crippen molar-refractivity contribution in [1.82, 2.24) is 28.9 Å². The number of rotatable bonds is 22.